The molecule has 0 unspecified atom stereocenters. The number of carbonyl (C=O) groups excluding carboxylic acids is 1. The minimum atomic E-state index is 0.130. The summed E-state index contributed by atoms with van der Waals surface area (Å²) in [5.41, 5.74) is 1.78. The van der Waals surface area contributed by atoms with E-state index in [0.29, 0.717) is 24.2 Å². The molecule has 0 amide bonds. The Morgan fingerprint density at radius 2 is 1.55 bits per heavy atom. The van der Waals surface area contributed by atoms with Gasteiger partial charge in [-0.25, -0.2) is 0 Å². The smallest absolute Gasteiger partial charge is 0.162 e. The molecule has 2 aromatic rings. The number of ether oxygens (including phenoxy) is 1. The van der Waals surface area contributed by atoms with Crippen LogP contribution in [0.5, 0.6) is 11.5 Å². The molecule has 0 saturated heterocycles. The van der Waals surface area contributed by atoms with Crippen LogP contribution in [0.3, 0.4) is 0 Å². The normalized spacial score (nSPS) is 10.3. The van der Waals surface area contributed by atoms with Crippen molar-refractivity contribution in [1.29, 1.82) is 0 Å². The summed E-state index contributed by atoms with van der Waals surface area (Å²) >= 11 is 0. The molecule has 20 heavy (non-hydrogen) atoms. The van der Waals surface area contributed by atoms with Crippen molar-refractivity contribution in [2.24, 2.45) is 0 Å². The Kier molecular flexibility index (Phi) is 4.91. The Morgan fingerprint density at radius 1 is 1.00 bits per heavy atom. The van der Waals surface area contributed by atoms with E-state index in [2.05, 4.69) is 0 Å². The summed E-state index contributed by atoms with van der Waals surface area (Å²) in [5, 5.41) is 8.86. The molecule has 0 aliphatic heterocycles. The number of hydrogen-bond donors (Lipinski definition) is 1. The molecule has 0 atom stereocenters. The van der Waals surface area contributed by atoms with Gasteiger partial charge >= 0.3 is 0 Å². The lowest BCUT2D eigenvalue weighted by atomic mass is 10.1. The van der Waals surface area contributed by atoms with Gasteiger partial charge in [-0.05, 0) is 48.4 Å². The second-order valence-corrected chi connectivity index (χ2v) is 4.52. The fourth-order valence-corrected chi connectivity index (χ4v) is 1.90. The highest BCUT2D eigenvalue weighted by Crippen LogP contribution is 2.22. The average molecular weight is 270 g/mol. The molecule has 3 heteroatoms. The first-order chi connectivity index (χ1) is 9.72. The van der Waals surface area contributed by atoms with Crippen LogP contribution in [-0.2, 0) is 6.42 Å². The van der Waals surface area contributed by atoms with Gasteiger partial charge in [-0.2, -0.15) is 0 Å². The van der Waals surface area contributed by atoms with Crippen LogP contribution in [0.25, 0.3) is 0 Å². The third-order valence-corrected chi connectivity index (χ3v) is 3.06. The van der Waals surface area contributed by atoms with Crippen LogP contribution in [0.4, 0.5) is 0 Å². The molecule has 0 aliphatic rings. The van der Waals surface area contributed by atoms with Crippen LogP contribution in [0, 0.1) is 0 Å². The first kappa shape index (κ1) is 14.3. The number of aliphatic hydroxyl groups excluding tert-OH is 1. The van der Waals surface area contributed by atoms with E-state index >= 15 is 0 Å². The van der Waals surface area contributed by atoms with E-state index in [9.17, 15) is 4.79 Å². The quantitative estimate of drug-likeness (QED) is 0.816. The van der Waals surface area contributed by atoms with Crippen molar-refractivity contribution in [3.8, 4) is 11.5 Å². The minimum Gasteiger partial charge on any atom is -0.457 e. The van der Waals surface area contributed by atoms with Gasteiger partial charge in [0, 0.05) is 18.6 Å². The van der Waals surface area contributed by atoms with Crippen molar-refractivity contribution in [1.82, 2.24) is 0 Å². The lowest BCUT2D eigenvalue weighted by Crippen LogP contribution is -1.95. The first-order valence-corrected chi connectivity index (χ1v) is 6.74. The zero-order valence-electron chi connectivity index (χ0n) is 11.5. The fraction of sp³-hybridized carbons (Fsp3) is 0.235. The Morgan fingerprint density at radius 3 is 2.05 bits per heavy atom. The summed E-state index contributed by atoms with van der Waals surface area (Å²) in [7, 11) is 0. The Labute approximate surface area is 118 Å². The van der Waals surface area contributed by atoms with E-state index in [1.54, 1.807) is 24.3 Å². The molecule has 0 fully saturated rings. The predicted octanol–water partition coefficient (Wildman–Crippen LogP) is 3.61. The van der Waals surface area contributed by atoms with E-state index in [0.717, 1.165) is 11.3 Å². The van der Waals surface area contributed by atoms with Gasteiger partial charge in [0.1, 0.15) is 11.5 Å². The minimum absolute atomic E-state index is 0.130. The number of carbonyl (C=O) groups is 1. The van der Waals surface area contributed by atoms with Crippen LogP contribution >= 0.6 is 0 Å². The highest BCUT2D eigenvalue weighted by atomic mass is 16.5. The monoisotopic (exact) mass is 270 g/mol. The standard InChI is InChI=1S/C17H18O3/c1-2-17(19)14-5-9-16(10-6-14)20-15-7-3-13(4-8-15)11-12-18/h3-10,18H,2,11-12H2,1H3. The predicted molar refractivity (Wildman–Crippen MR) is 78.4 cm³/mol. The summed E-state index contributed by atoms with van der Waals surface area (Å²) in [6.07, 6.45) is 1.15. The number of Topliss-reactive ketones (excluding diaryl/α,β-unsaturated/α-hetero) is 1. The van der Waals surface area contributed by atoms with Crippen LogP contribution in [0.15, 0.2) is 48.5 Å². The maximum atomic E-state index is 11.5. The zero-order valence-corrected chi connectivity index (χ0v) is 11.5. The van der Waals surface area contributed by atoms with E-state index in [-0.39, 0.29) is 12.4 Å². The summed E-state index contributed by atoms with van der Waals surface area (Å²) < 4.78 is 5.71. The zero-order chi connectivity index (χ0) is 14.4. The highest BCUT2D eigenvalue weighted by Gasteiger charge is 2.03. The lowest BCUT2D eigenvalue weighted by Gasteiger charge is -2.07. The second kappa shape index (κ2) is 6.87. The first-order valence-electron chi connectivity index (χ1n) is 6.74. The van der Waals surface area contributed by atoms with Crippen molar-refractivity contribution in [3.63, 3.8) is 0 Å². The molecule has 2 aromatic carbocycles. The molecule has 3 nitrogen and oxygen atoms in total. The third kappa shape index (κ3) is 3.68. The van der Waals surface area contributed by atoms with Gasteiger partial charge in [-0.3, -0.25) is 4.79 Å². The molecule has 0 saturated carbocycles. The topological polar surface area (TPSA) is 46.5 Å². The Balaban J connectivity index is 2.04. The Bertz CT molecular complexity index is 556. The molecule has 0 spiro atoms. The number of benzene rings is 2. The maximum Gasteiger partial charge on any atom is 0.162 e. The average Bonchev–Trinajstić information content (AvgIpc) is 2.49. The van der Waals surface area contributed by atoms with Crippen molar-refractivity contribution >= 4 is 5.78 Å². The van der Waals surface area contributed by atoms with Gasteiger partial charge in [0.15, 0.2) is 5.78 Å². The van der Waals surface area contributed by atoms with Crippen LogP contribution in [0.1, 0.15) is 29.3 Å². The van der Waals surface area contributed by atoms with Crippen molar-refractivity contribution in [2.45, 2.75) is 19.8 Å². The molecule has 0 aromatic heterocycles. The van der Waals surface area contributed by atoms with Crippen molar-refractivity contribution in [3.05, 3.63) is 59.7 Å². The highest BCUT2D eigenvalue weighted by molar-refractivity contribution is 5.95. The van der Waals surface area contributed by atoms with E-state index in [4.69, 9.17) is 9.84 Å². The number of hydrogen-bond acceptors (Lipinski definition) is 3. The molecule has 0 radical (unpaired) electrons. The maximum absolute atomic E-state index is 11.5. The van der Waals surface area contributed by atoms with Crippen LogP contribution in [0.2, 0.25) is 0 Å². The summed E-state index contributed by atoms with van der Waals surface area (Å²) in [6, 6.07) is 14.8. The molecular formula is C17H18O3. The third-order valence-electron chi connectivity index (χ3n) is 3.06. The summed E-state index contributed by atoms with van der Waals surface area (Å²) in [5.74, 6) is 1.57. The largest absolute Gasteiger partial charge is 0.457 e. The number of rotatable bonds is 6. The molecule has 1 N–H and O–H groups in total. The lowest BCUT2D eigenvalue weighted by molar-refractivity contribution is 0.0988. The summed E-state index contributed by atoms with van der Waals surface area (Å²) in [4.78, 5) is 11.5. The van der Waals surface area contributed by atoms with E-state index in [1.807, 2.05) is 31.2 Å². The van der Waals surface area contributed by atoms with Gasteiger partial charge in [0.05, 0.1) is 0 Å². The Hall–Kier alpha value is -2.13. The SMILES string of the molecule is CCC(=O)c1ccc(Oc2ccc(CCO)cc2)cc1. The van der Waals surface area contributed by atoms with Gasteiger partial charge in [0.2, 0.25) is 0 Å². The molecule has 0 bridgehead atoms. The molecule has 0 heterocycles. The van der Waals surface area contributed by atoms with Crippen molar-refractivity contribution in [2.75, 3.05) is 6.61 Å². The van der Waals surface area contributed by atoms with Gasteiger partial charge in [0.25, 0.3) is 0 Å². The van der Waals surface area contributed by atoms with E-state index < -0.39 is 0 Å². The van der Waals surface area contributed by atoms with Crippen LogP contribution in [-0.4, -0.2) is 17.5 Å². The molecule has 2 rings (SSSR count). The van der Waals surface area contributed by atoms with Gasteiger partial charge in [-0.15, -0.1) is 0 Å². The number of aliphatic hydroxyl groups is 1. The number of ketones is 1. The summed E-state index contributed by atoms with van der Waals surface area (Å²) in [6.45, 7) is 1.99. The molecular weight excluding hydrogens is 252 g/mol. The van der Waals surface area contributed by atoms with Gasteiger partial charge in [-0.1, -0.05) is 19.1 Å². The van der Waals surface area contributed by atoms with Gasteiger partial charge < -0.3 is 9.84 Å². The molecule has 104 valence electrons. The van der Waals surface area contributed by atoms with Crippen LogP contribution < -0.4 is 4.74 Å². The second-order valence-electron chi connectivity index (χ2n) is 4.52. The molecule has 0 aliphatic carbocycles. The van der Waals surface area contributed by atoms with E-state index in [1.165, 1.54) is 0 Å². The fourth-order valence-electron chi connectivity index (χ4n) is 1.90. The van der Waals surface area contributed by atoms with Crippen molar-refractivity contribution < 1.29 is 14.6 Å².